The van der Waals surface area contributed by atoms with Crippen molar-refractivity contribution in [3.8, 4) is 0 Å². The molecule has 0 aliphatic carbocycles. The van der Waals surface area contributed by atoms with E-state index in [4.69, 9.17) is 5.73 Å². The predicted octanol–water partition coefficient (Wildman–Crippen LogP) is 3.40. The van der Waals surface area contributed by atoms with Crippen LogP contribution in [0.15, 0.2) is 34.9 Å². The minimum absolute atomic E-state index is 0.360. The van der Waals surface area contributed by atoms with Crippen molar-refractivity contribution in [2.75, 3.05) is 5.73 Å². The third kappa shape index (κ3) is 2.88. The minimum atomic E-state index is 0.360. The number of halogens is 1. The van der Waals surface area contributed by atoms with Gasteiger partial charge in [-0.25, -0.2) is 0 Å². The van der Waals surface area contributed by atoms with Crippen LogP contribution in [0.2, 0.25) is 0 Å². The smallest absolute Gasteiger partial charge is 0.0879 e. The Kier molecular flexibility index (Phi) is 3.52. The van der Waals surface area contributed by atoms with Crippen LogP contribution in [0, 0.1) is 0 Å². The number of anilines is 1. The van der Waals surface area contributed by atoms with Gasteiger partial charge >= 0.3 is 0 Å². The van der Waals surface area contributed by atoms with E-state index in [0.29, 0.717) is 5.92 Å². The van der Waals surface area contributed by atoms with Crippen LogP contribution < -0.4 is 5.73 Å². The lowest BCUT2D eigenvalue weighted by Crippen LogP contribution is -2.01. The summed E-state index contributed by atoms with van der Waals surface area (Å²) in [5.74, 6) is 0.360. The fraction of sp³-hybridized carbons (Fsp3) is 0.308. The minimum Gasteiger partial charge on any atom is -0.396 e. The standard InChI is InChI=1S/C13H16BrN3/c1-9(2)13-12(15)8-17(16-13)7-10-4-3-5-11(14)6-10/h3-6,8-9H,7,15H2,1-2H3. The Morgan fingerprint density at radius 1 is 1.41 bits per heavy atom. The van der Waals surface area contributed by atoms with E-state index in [1.807, 2.05) is 23.0 Å². The van der Waals surface area contributed by atoms with Gasteiger partial charge in [-0.15, -0.1) is 0 Å². The zero-order valence-corrected chi connectivity index (χ0v) is 11.6. The first-order valence-corrected chi connectivity index (χ1v) is 6.43. The van der Waals surface area contributed by atoms with Crippen molar-refractivity contribution in [3.63, 3.8) is 0 Å². The molecule has 0 unspecified atom stereocenters. The molecule has 0 spiro atoms. The van der Waals surface area contributed by atoms with Crippen molar-refractivity contribution < 1.29 is 0 Å². The average molecular weight is 294 g/mol. The molecule has 2 aromatic rings. The summed E-state index contributed by atoms with van der Waals surface area (Å²) in [7, 11) is 0. The first-order valence-electron chi connectivity index (χ1n) is 5.63. The molecule has 0 bridgehead atoms. The maximum atomic E-state index is 5.93. The van der Waals surface area contributed by atoms with Gasteiger partial charge in [0.15, 0.2) is 0 Å². The molecular formula is C13H16BrN3. The van der Waals surface area contributed by atoms with Gasteiger partial charge in [0.2, 0.25) is 0 Å². The van der Waals surface area contributed by atoms with Crippen LogP contribution in [0.3, 0.4) is 0 Å². The van der Waals surface area contributed by atoms with E-state index >= 15 is 0 Å². The molecule has 1 aromatic heterocycles. The van der Waals surface area contributed by atoms with Crippen molar-refractivity contribution in [2.45, 2.75) is 26.3 Å². The lowest BCUT2D eigenvalue weighted by molar-refractivity contribution is 0.657. The zero-order chi connectivity index (χ0) is 12.4. The van der Waals surface area contributed by atoms with Gasteiger partial charge in [-0.3, -0.25) is 4.68 Å². The lowest BCUT2D eigenvalue weighted by Gasteiger charge is -2.03. The molecule has 0 fully saturated rings. The Morgan fingerprint density at radius 3 is 2.76 bits per heavy atom. The van der Waals surface area contributed by atoms with Crippen molar-refractivity contribution in [1.29, 1.82) is 0 Å². The summed E-state index contributed by atoms with van der Waals surface area (Å²) in [6, 6.07) is 8.21. The molecule has 0 atom stereocenters. The van der Waals surface area contributed by atoms with Gasteiger partial charge in [0.1, 0.15) is 0 Å². The van der Waals surface area contributed by atoms with Crippen molar-refractivity contribution in [3.05, 3.63) is 46.2 Å². The molecular weight excluding hydrogens is 278 g/mol. The SMILES string of the molecule is CC(C)c1nn(Cc2cccc(Br)c2)cc1N. The average Bonchev–Trinajstić information content (AvgIpc) is 2.59. The molecule has 3 nitrogen and oxygen atoms in total. The normalized spacial score (nSPS) is 11.1. The van der Waals surface area contributed by atoms with Gasteiger partial charge < -0.3 is 5.73 Å². The zero-order valence-electron chi connectivity index (χ0n) is 10.0. The fourth-order valence-corrected chi connectivity index (χ4v) is 2.25. The Labute approximate surface area is 110 Å². The molecule has 0 radical (unpaired) electrons. The second-order valence-corrected chi connectivity index (χ2v) is 5.37. The fourth-order valence-electron chi connectivity index (χ4n) is 1.80. The highest BCUT2D eigenvalue weighted by molar-refractivity contribution is 9.10. The molecule has 0 aliphatic heterocycles. The molecule has 2 rings (SSSR count). The molecule has 90 valence electrons. The predicted molar refractivity (Wildman–Crippen MR) is 74.0 cm³/mol. The number of hydrogen-bond donors (Lipinski definition) is 1. The van der Waals surface area contributed by atoms with Crippen LogP contribution in [-0.2, 0) is 6.54 Å². The summed E-state index contributed by atoms with van der Waals surface area (Å²) >= 11 is 3.46. The molecule has 0 saturated carbocycles. The van der Waals surface area contributed by atoms with E-state index in [1.165, 1.54) is 5.56 Å². The number of benzene rings is 1. The monoisotopic (exact) mass is 293 g/mol. The van der Waals surface area contributed by atoms with Gasteiger partial charge in [0.05, 0.1) is 17.9 Å². The molecule has 1 aromatic carbocycles. The number of nitrogens with two attached hydrogens (primary N) is 1. The van der Waals surface area contributed by atoms with Gasteiger partial charge in [-0.05, 0) is 23.6 Å². The van der Waals surface area contributed by atoms with Gasteiger partial charge in [0, 0.05) is 10.7 Å². The third-order valence-electron chi connectivity index (χ3n) is 2.60. The first-order chi connectivity index (χ1) is 8.06. The summed E-state index contributed by atoms with van der Waals surface area (Å²) < 4.78 is 2.98. The third-order valence-corrected chi connectivity index (χ3v) is 3.09. The maximum Gasteiger partial charge on any atom is 0.0879 e. The Morgan fingerprint density at radius 2 is 2.18 bits per heavy atom. The van der Waals surface area contributed by atoms with Crippen molar-refractivity contribution in [2.24, 2.45) is 0 Å². The highest BCUT2D eigenvalue weighted by atomic mass is 79.9. The number of nitrogen functional groups attached to an aromatic ring is 1. The van der Waals surface area contributed by atoms with Gasteiger partial charge in [0.25, 0.3) is 0 Å². The second kappa shape index (κ2) is 4.92. The Hall–Kier alpha value is -1.29. The largest absolute Gasteiger partial charge is 0.396 e. The van der Waals surface area contributed by atoms with E-state index in [2.05, 4.69) is 47.0 Å². The van der Waals surface area contributed by atoms with E-state index in [0.717, 1.165) is 22.4 Å². The number of hydrogen-bond acceptors (Lipinski definition) is 2. The van der Waals surface area contributed by atoms with Crippen molar-refractivity contribution in [1.82, 2.24) is 9.78 Å². The molecule has 2 N–H and O–H groups in total. The van der Waals surface area contributed by atoms with Crippen LogP contribution in [0.25, 0.3) is 0 Å². The second-order valence-electron chi connectivity index (χ2n) is 4.45. The summed E-state index contributed by atoms with van der Waals surface area (Å²) in [5, 5.41) is 4.51. The lowest BCUT2D eigenvalue weighted by atomic mass is 10.1. The van der Waals surface area contributed by atoms with Crippen molar-refractivity contribution >= 4 is 21.6 Å². The molecule has 0 saturated heterocycles. The highest BCUT2D eigenvalue weighted by Gasteiger charge is 2.09. The van der Waals surface area contributed by atoms with E-state index < -0.39 is 0 Å². The Bertz CT molecular complexity index is 517. The summed E-state index contributed by atoms with van der Waals surface area (Å²) in [6.45, 7) is 4.95. The summed E-state index contributed by atoms with van der Waals surface area (Å²) in [5.41, 5.74) is 8.88. The molecule has 17 heavy (non-hydrogen) atoms. The molecule has 0 aliphatic rings. The van der Waals surface area contributed by atoms with Gasteiger partial charge in [-0.2, -0.15) is 5.10 Å². The van der Waals surface area contributed by atoms with Crippen LogP contribution in [-0.4, -0.2) is 9.78 Å². The number of nitrogens with zero attached hydrogens (tertiary/aromatic N) is 2. The highest BCUT2D eigenvalue weighted by Crippen LogP contribution is 2.20. The van der Waals surface area contributed by atoms with Crippen LogP contribution in [0.5, 0.6) is 0 Å². The molecule has 4 heteroatoms. The van der Waals surface area contributed by atoms with E-state index in [9.17, 15) is 0 Å². The van der Waals surface area contributed by atoms with Crippen LogP contribution >= 0.6 is 15.9 Å². The Balaban J connectivity index is 2.22. The topological polar surface area (TPSA) is 43.8 Å². The quantitative estimate of drug-likeness (QED) is 0.943. The van der Waals surface area contributed by atoms with Crippen LogP contribution in [0.4, 0.5) is 5.69 Å². The number of aromatic nitrogens is 2. The van der Waals surface area contributed by atoms with E-state index in [1.54, 1.807) is 0 Å². The summed E-state index contributed by atoms with van der Waals surface area (Å²) in [4.78, 5) is 0. The molecule has 1 heterocycles. The van der Waals surface area contributed by atoms with Crippen LogP contribution in [0.1, 0.15) is 31.0 Å². The summed E-state index contributed by atoms with van der Waals surface area (Å²) in [6.07, 6.45) is 1.90. The van der Waals surface area contributed by atoms with Gasteiger partial charge in [-0.1, -0.05) is 41.9 Å². The maximum absolute atomic E-state index is 5.93. The van der Waals surface area contributed by atoms with E-state index in [-0.39, 0.29) is 0 Å². The number of rotatable bonds is 3. The first kappa shape index (κ1) is 12.2. The molecule has 0 amide bonds.